The van der Waals surface area contributed by atoms with Gasteiger partial charge in [0.25, 0.3) is 0 Å². The Kier molecular flexibility index (Phi) is 6.81. The van der Waals surface area contributed by atoms with Crippen molar-refractivity contribution in [3.05, 3.63) is 29.3 Å². The Balaban J connectivity index is 1.59. The molecule has 0 amide bonds. The van der Waals surface area contributed by atoms with Gasteiger partial charge in [-0.15, -0.1) is 0 Å². The SMILES string of the molecule is CN(CCCOc1cccc(Cl)c1)CC1CCCN(C)C1. The standard InChI is InChI=1S/C17H27ClN2O/c1-19-9-4-6-15(13-19)14-20(2)10-5-11-21-17-8-3-7-16(18)12-17/h3,7-8,12,15H,4-6,9-11,13-14H2,1-2H3. The van der Waals surface area contributed by atoms with E-state index in [0.717, 1.165) is 36.3 Å². The maximum Gasteiger partial charge on any atom is 0.120 e. The molecule has 0 spiro atoms. The summed E-state index contributed by atoms with van der Waals surface area (Å²) >= 11 is 5.94. The van der Waals surface area contributed by atoms with Crippen LogP contribution in [0.2, 0.25) is 5.02 Å². The van der Waals surface area contributed by atoms with Gasteiger partial charge in [0.05, 0.1) is 6.61 Å². The van der Waals surface area contributed by atoms with Gasteiger partial charge in [-0.25, -0.2) is 0 Å². The average Bonchev–Trinajstić information content (AvgIpc) is 2.44. The van der Waals surface area contributed by atoms with Crippen LogP contribution in [-0.2, 0) is 0 Å². The fraction of sp³-hybridized carbons (Fsp3) is 0.647. The first kappa shape index (κ1) is 16.6. The number of ether oxygens (including phenoxy) is 1. The first-order valence-corrected chi connectivity index (χ1v) is 8.27. The summed E-state index contributed by atoms with van der Waals surface area (Å²) in [6, 6.07) is 7.60. The molecule has 21 heavy (non-hydrogen) atoms. The molecule has 0 aromatic heterocycles. The number of halogens is 1. The van der Waals surface area contributed by atoms with Crippen molar-refractivity contribution in [1.82, 2.24) is 9.80 Å². The molecule has 0 bridgehead atoms. The summed E-state index contributed by atoms with van der Waals surface area (Å²) in [5.74, 6) is 1.68. The third-order valence-electron chi connectivity index (χ3n) is 4.04. The van der Waals surface area contributed by atoms with E-state index in [0.29, 0.717) is 0 Å². The third kappa shape index (κ3) is 6.25. The van der Waals surface area contributed by atoms with Gasteiger partial charge in [-0.05, 0) is 64.0 Å². The minimum Gasteiger partial charge on any atom is -0.493 e. The highest BCUT2D eigenvalue weighted by Crippen LogP contribution is 2.18. The molecule has 0 N–H and O–H groups in total. The largest absolute Gasteiger partial charge is 0.493 e. The Hall–Kier alpha value is -0.770. The number of hydrogen-bond acceptors (Lipinski definition) is 3. The van der Waals surface area contributed by atoms with Crippen LogP contribution in [0.25, 0.3) is 0 Å². The van der Waals surface area contributed by atoms with Crippen LogP contribution < -0.4 is 4.74 Å². The number of benzene rings is 1. The van der Waals surface area contributed by atoms with E-state index in [1.165, 1.54) is 32.5 Å². The van der Waals surface area contributed by atoms with Gasteiger partial charge in [-0.3, -0.25) is 0 Å². The lowest BCUT2D eigenvalue weighted by atomic mass is 9.98. The number of piperidine rings is 1. The summed E-state index contributed by atoms with van der Waals surface area (Å²) in [6.07, 6.45) is 3.76. The van der Waals surface area contributed by atoms with E-state index in [2.05, 4.69) is 23.9 Å². The van der Waals surface area contributed by atoms with Gasteiger partial charge in [0.15, 0.2) is 0 Å². The number of hydrogen-bond donors (Lipinski definition) is 0. The maximum absolute atomic E-state index is 5.94. The van der Waals surface area contributed by atoms with Crippen molar-refractivity contribution < 1.29 is 4.74 Å². The third-order valence-corrected chi connectivity index (χ3v) is 4.28. The van der Waals surface area contributed by atoms with E-state index in [4.69, 9.17) is 16.3 Å². The van der Waals surface area contributed by atoms with Gasteiger partial charge < -0.3 is 14.5 Å². The van der Waals surface area contributed by atoms with Crippen LogP contribution in [0.5, 0.6) is 5.75 Å². The number of rotatable bonds is 7. The van der Waals surface area contributed by atoms with Gasteiger partial charge in [-0.2, -0.15) is 0 Å². The van der Waals surface area contributed by atoms with E-state index >= 15 is 0 Å². The monoisotopic (exact) mass is 310 g/mol. The minimum absolute atomic E-state index is 0.728. The van der Waals surface area contributed by atoms with Gasteiger partial charge >= 0.3 is 0 Å². The molecule has 1 aromatic carbocycles. The molecule has 1 heterocycles. The Morgan fingerprint density at radius 2 is 2.29 bits per heavy atom. The molecule has 4 heteroatoms. The van der Waals surface area contributed by atoms with Crippen molar-refractivity contribution in [2.75, 3.05) is 46.9 Å². The topological polar surface area (TPSA) is 15.7 Å². The van der Waals surface area contributed by atoms with Gasteiger partial charge in [0, 0.05) is 24.7 Å². The Labute approximate surface area is 133 Å². The fourth-order valence-electron chi connectivity index (χ4n) is 3.04. The zero-order valence-electron chi connectivity index (χ0n) is 13.2. The zero-order chi connectivity index (χ0) is 15.1. The van der Waals surface area contributed by atoms with Gasteiger partial charge in [0.2, 0.25) is 0 Å². The smallest absolute Gasteiger partial charge is 0.120 e. The average molecular weight is 311 g/mol. The molecule has 1 aliphatic heterocycles. The van der Waals surface area contributed by atoms with Crippen LogP contribution in [0.15, 0.2) is 24.3 Å². The zero-order valence-corrected chi connectivity index (χ0v) is 14.0. The van der Waals surface area contributed by atoms with Crippen molar-refractivity contribution >= 4 is 11.6 Å². The predicted molar refractivity (Wildman–Crippen MR) is 89.3 cm³/mol. The van der Waals surface area contributed by atoms with Crippen LogP contribution in [-0.4, -0.2) is 56.7 Å². The summed E-state index contributed by atoms with van der Waals surface area (Å²) in [5, 5.41) is 0.728. The van der Waals surface area contributed by atoms with Crippen molar-refractivity contribution in [3.8, 4) is 5.75 Å². The molecule has 118 valence electrons. The molecule has 1 atom stereocenters. The molecule has 1 unspecified atom stereocenters. The Morgan fingerprint density at radius 1 is 1.43 bits per heavy atom. The Morgan fingerprint density at radius 3 is 3.05 bits per heavy atom. The van der Waals surface area contributed by atoms with E-state index < -0.39 is 0 Å². The van der Waals surface area contributed by atoms with Crippen molar-refractivity contribution in [3.63, 3.8) is 0 Å². The second kappa shape index (κ2) is 8.62. The summed E-state index contributed by atoms with van der Waals surface area (Å²) in [4.78, 5) is 4.88. The van der Waals surface area contributed by atoms with Gasteiger partial charge in [-0.1, -0.05) is 17.7 Å². The first-order chi connectivity index (χ1) is 10.1. The van der Waals surface area contributed by atoms with Gasteiger partial charge in [0.1, 0.15) is 5.75 Å². The lowest BCUT2D eigenvalue weighted by Gasteiger charge is -2.32. The van der Waals surface area contributed by atoms with E-state index in [1.54, 1.807) is 0 Å². The normalized spacial score (nSPS) is 19.9. The molecule has 1 aliphatic rings. The van der Waals surface area contributed by atoms with E-state index in [1.807, 2.05) is 24.3 Å². The molecule has 3 nitrogen and oxygen atoms in total. The van der Waals surface area contributed by atoms with Crippen LogP contribution >= 0.6 is 11.6 Å². The second-order valence-electron chi connectivity index (χ2n) is 6.19. The van der Waals surface area contributed by atoms with Crippen LogP contribution in [0.4, 0.5) is 0 Å². The van der Waals surface area contributed by atoms with Crippen molar-refractivity contribution in [2.45, 2.75) is 19.3 Å². The van der Waals surface area contributed by atoms with E-state index in [-0.39, 0.29) is 0 Å². The highest BCUT2D eigenvalue weighted by molar-refractivity contribution is 6.30. The quantitative estimate of drug-likeness (QED) is 0.718. The number of likely N-dealkylation sites (tertiary alicyclic amines) is 1. The lowest BCUT2D eigenvalue weighted by Crippen LogP contribution is -2.38. The number of nitrogens with zero attached hydrogens (tertiary/aromatic N) is 2. The van der Waals surface area contributed by atoms with Crippen LogP contribution in [0, 0.1) is 5.92 Å². The first-order valence-electron chi connectivity index (χ1n) is 7.89. The molecule has 0 saturated carbocycles. The van der Waals surface area contributed by atoms with Crippen molar-refractivity contribution in [1.29, 1.82) is 0 Å². The summed E-state index contributed by atoms with van der Waals surface area (Å²) in [7, 11) is 4.44. The van der Waals surface area contributed by atoms with Crippen LogP contribution in [0.1, 0.15) is 19.3 Å². The summed E-state index contributed by atoms with van der Waals surface area (Å²) in [6.45, 7) is 5.52. The molecule has 2 rings (SSSR count). The van der Waals surface area contributed by atoms with Crippen LogP contribution in [0.3, 0.4) is 0 Å². The van der Waals surface area contributed by atoms with E-state index in [9.17, 15) is 0 Å². The predicted octanol–water partition coefficient (Wildman–Crippen LogP) is 3.38. The molecule has 1 saturated heterocycles. The molecule has 1 fully saturated rings. The molecular formula is C17H27ClN2O. The summed E-state index contributed by atoms with van der Waals surface area (Å²) < 4.78 is 5.72. The highest BCUT2D eigenvalue weighted by Gasteiger charge is 2.18. The fourth-order valence-corrected chi connectivity index (χ4v) is 3.22. The molecule has 0 radical (unpaired) electrons. The lowest BCUT2D eigenvalue weighted by molar-refractivity contribution is 0.161. The highest BCUT2D eigenvalue weighted by atomic mass is 35.5. The second-order valence-corrected chi connectivity index (χ2v) is 6.63. The Bertz CT molecular complexity index is 427. The molecule has 0 aliphatic carbocycles. The molecule has 1 aromatic rings. The maximum atomic E-state index is 5.94. The summed E-state index contributed by atoms with van der Waals surface area (Å²) in [5.41, 5.74) is 0. The minimum atomic E-state index is 0.728. The molecular weight excluding hydrogens is 284 g/mol. The van der Waals surface area contributed by atoms with Crippen molar-refractivity contribution in [2.24, 2.45) is 5.92 Å².